The number of ether oxygens (including phenoxy) is 6. The van der Waals surface area contributed by atoms with Crippen LogP contribution in [0.3, 0.4) is 0 Å². The maximum absolute atomic E-state index is 13.2. The number of ketones is 4. The third-order valence-electron chi connectivity index (χ3n) is 8.82. The lowest BCUT2D eigenvalue weighted by Gasteiger charge is -2.14. The molecule has 0 bridgehead atoms. The van der Waals surface area contributed by atoms with Gasteiger partial charge in [0.1, 0.15) is 88.5 Å². The quantitative estimate of drug-likeness (QED) is 0.0301. The maximum atomic E-state index is 13.2. The van der Waals surface area contributed by atoms with Crippen molar-refractivity contribution in [1.82, 2.24) is 27.4 Å². The fourth-order valence-electron chi connectivity index (χ4n) is 5.72. The fourth-order valence-corrected chi connectivity index (χ4v) is 5.72. The molecule has 28 heteroatoms. The smallest absolute Gasteiger partial charge is 0.336 e. The topological polar surface area (TPSA) is 358 Å². The second kappa shape index (κ2) is 28.4. The molecular formula is C40H52N6O22. The Labute approximate surface area is 383 Å². The number of Topliss-reactive ketones (excluding diaryl/α,β-unsaturated/α-hetero) is 4. The van der Waals surface area contributed by atoms with E-state index >= 15 is 0 Å². The van der Waals surface area contributed by atoms with Gasteiger partial charge in [0.15, 0.2) is 0 Å². The van der Waals surface area contributed by atoms with Crippen molar-refractivity contribution in [3.63, 3.8) is 0 Å². The average molecular weight is 969 g/mol. The number of esters is 6. The van der Waals surface area contributed by atoms with Gasteiger partial charge in [-0.1, -0.05) is 0 Å². The van der Waals surface area contributed by atoms with Crippen LogP contribution in [0.5, 0.6) is 0 Å². The van der Waals surface area contributed by atoms with E-state index in [1.807, 2.05) is 0 Å². The third kappa shape index (κ3) is 19.4. The molecule has 28 nitrogen and oxygen atoms in total. The maximum Gasteiger partial charge on any atom is 0.336 e. The van der Waals surface area contributed by atoms with Crippen molar-refractivity contribution in [3.05, 3.63) is 62.9 Å². The Balaban J connectivity index is 2.04. The van der Waals surface area contributed by atoms with Crippen LogP contribution in [0.25, 0.3) is 0 Å². The number of unbranched alkanes of at least 4 members (excludes halogenated alkanes) is 1. The average Bonchev–Trinajstić information content (AvgIpc) is 3.23. The summed E-state index contributed by atoms with van der Waals surface area (Å²) in [5.74, 6) is -7.38. The van der Waals surface area contributed by atoms with Crippen molar-refractivity contribution >= 4 is 58.9 Å². The number of hydrogen-bond acceptors (Lipinski definition) is 22. The van der Waals surface area contributed by atoms with E-state index in [0.29, 0.717) is 27.4 Å². The summed E-state index contributed by atoms with van der Waals surface area (Å²) in [6, 6.07) is 0. The number of hydrogen-bond donors (Lipinski definition) is 0. The summed E-state index contributed by atoms with van der Waals surface area (Å²) in [4.78, 5) is 196. The second-order valence-electron chi connectivity index (χ2n) is 14.7. The zero-order valence-corrected chi connectivity index (χ0v) is 37.8. The van der Waals surface area contributed by atoms with E-state index in [2.05, 4.69) is 0 Å². The van der Waals surface area contributed by atoms with E-state index in [1.54, 1.807) is 0 Å². The highest BCUT2D eigenvalue weighted by atomic mass is 16.6. The van der Waals surface area contributed by atoms with E-state index in [9.17, 15) is 76.7 Å². The van der Waals surface area contributed by atoms with Gasteiger partial charge in [-0.25, -0.2) is 56.2 Å². The molecule has 0 unspecified atom stereocenters. The molecule has 0 atom stereocenters. The first-order chi connectivity index (χ1) is 32.0. The largest absolute Gasteiger partial charge is 0.464 e. The summed E-state index contributed by atoms with van der Waals surface area (Å²) in [6.45, 7) is -2.12. The van der Waals surface area contributed by atoms with Crippen molar-refractivity contribution in [3.8, 4) is 0 Å². The second-order valence-corrected chi connectivity index (χ2v) is 14.7. The van der Waals surface area contributed by atoms with Gasteiger partial charge in [0.2, 0.25) is 0 Å². The highest BCUT2D eigenvalue weighted by Crippen LogP contribution is 2.03. The number of carbonyl (C=O) groups excluding carboxylic acids is 10. The number of carbonyl (C=O) groups is 10. The highest BCUT2D eigenvalue weighted by molar-refractivity contribution is 5.95. The van der Waals surface area contributed by atoms with Gasteiger partial charge in [0.05, 0.1) is 39.3 Å². The first kappa shape index (κ1) is 56.4. The Morgan fingerprint density at radius 3 is 0.618 bits per heavy atom. The summed E-state index contributed by atoms with van der Waals surface area (Å²) < 4.78 is 33.0. The molecule has 2 rings (SSSR count). The molecular weight excluding hydrogens is 916 g/mol. The van der Waals surface area contributed by atoms with Gasteiger partial charge in [-0.05, 0) is 40.5 Å². The molecule has 374 valence electrons. The number of rotatable bonds is 31. The van der Waals surface area contributed by atoms with Crippen LogP contribution in [-0.4, -0.2) is 126 Å². The van der Waals surface area contributed by atoms with Gasteiger partial charge >= 0.3 is 70.0 Å². The first-order valence-electron chi connectivity index (χ1n) is 20.8. The molecule has 2 heterocycles. The fraction of sp³-hybridized carbons (Fsp3) is 0.600. The van der Waals surface area contributed by atoms with Gasteiger partial charge in [-0.3, -0.25) is 47.9 Å². The van der Waals surface area contributed by atoms with Gasteiger partial charge in [-0.15, -0.1) is 0 Å². The standard InChI is InChI=1S/C40H52N6O22/c1-25(47)21-31(53)65-17-11-43-35(57)41(36(58)44(39(43)61)12-18-66-32(54)22-26(2)48)9-15-63-29(51)7-5-6-8-30(52)64-16-10-42-37(59)45(13-19-67-33(55)23-27(3)49)40(62)46(38(42)60)14-20-68-34(56)24-28(4)50/h5-24H2,1-4H3. The molecule has 0 fully saturated rings. The minimum Gasteiger partial charge on any atom is -0.464 e. The predicted octanol–water partition coefficient (Wildman–Crippen LogP) is -3.91. The normalized spacial score (nSPS) is 10.7. The van der Waals surface area contributed by atoms with Gasteiger partial charge in [-0.2, -0.15) is 0 Å². The van der Waals surface area contributed by atoms with Crippen LogP contribution in [0.15, 0.2) is 28.8 Å². The summed E-state index contributed by atoms with van der Waals surface area (Å²) >= 11 is 0. The Morgan fingerprint density at radius 2 is 0.456 bits per heavy atom. The Kier molecular flexibility index (Phi) is 23.6. The van der Waals surface area contributed by atoms with Gasteiger partial charge < -0.3 is 28.4 Å². The lowest BCUT2D eigenvalue weighted by Crippen LogP contribution is -2.55. The van der Waals surface area contributed by atoms with Crippen LogP contribution in [0.4, 0.5) is 0 Å². The molecule has 0 saturated carbocycles. The molecule has 0 aliphatic rings. The monoisotopic (exact) mass is 968 g/mol. The Hall–Kier alpha value is -7.68. The molecule has 2 aromatic rings. The molecule has 0 saturated heterocycles. The zero-order valence-electron chi connectivity index (χ0n) is 37.8. The predicted molar refractivity (Wildman–Crippen MR) is 224 cm³/mol. The van der Waals surface area contributed by atoms with Gasteiger partial charge in [0, 0.05) is 12.8 Å². The highest BCUT2D eigenvalue weighted by Gasteiger charge is 2.20. The molecule has 0 aromatic carbocycles. The third-order valence-corrected chi connectivity index (χ3v) is 8.82. The van der Waals surface area contributed by atoms with Crippen LogP contribution in [0.2, 0.25) is 0 Å². The van der Waals surface area contributed by atoms with Crippen molar-refractivity contribution in [1.29, 1.82) is 0 Å². The molecule has 0 aliphatic heterocycles. The lowest BCUT2D eigenvalue weighted by molar-refractivity contribution is -0.147. The summed E-state index contributed by atoms with van der Waals surface area (Å²) in [6.07, 6.45) is -2.65. The molecule has 0 radical (unpaired) electrons. The number of nitrogens with zero attached hydrogens (tertiary/aromatic N) is 6. The molecule has 0 N–H and O–H groups in total. The molecule has 0 spiro atoms. The van der Waals surface area contributed by atoms with Crippen LogP contribution >= 0.6 is 0 Å². The van der Waals surface area contributed by atoms with Crippen molar-refractivity contribution in [2.45, 2.75) is 118 Å². The minimum atomic E-state index is -1.17. The zero-order chi connectivity index (χ0) is 51.1. The van der Waals surface area contributed by atoms with Crippen LogP contribution in [-0.2, 0) is 116 Å². The van der Waals surface area contributed by atoms with Crippen molar-refractivity contribution < 1.29 is 76.4 Å². The molecule has 2 aromatic heterocycles. The first-order valence-corrected chi connectivity index (χ1v) is 20.8. The Bertz CT molecular complexity index is 2290. The van der Waals surface area contributed by atoms with E-state index < -0.39 is 198 Å². The van der Waals surface area contributed by atoms with Crippen molar-refractivity contribution in [2.75, 3.05) is 39.6 Å². The number of aromatic nitrogens is 6. The van der Waals surface area contributed by atoms with E-state index in [1.165, 1.54) is 0 Å². The SMILES string of the molecule is CC(=O)CC(=O)OCCn1c(=O)n(CCOC(=O)CCCCC(=O)OCCn2c(=O)n(CCOC(=O)CC(C)=O)c(=O)n(CCOC(=O)CC(C)=O)c2=O)c(=O)n(CCOC(=O)CC(C)=O)c1=O. The summed E-state index contributed by atoms with van der Waals surface area (Å²) in [7, 11) is 0. The minimum absolute atomic E-state index is 0.0688. The van der Waals surface area contributed by atoms with Gasteiger partial charge in [0.25, 0.3) is 0 Å². The Morgan fingerprint density at radius 1 is 0.294 bits per heavy atom. The van der Waals surface area contributed by atoms with Crippen molar-refractivity contribution in [2.24, 2.45) is 0 Å². The summed E-state index contributed by atoms with van der Waals surface area (Å²) in [5.41, 5.74) is -7.02. The molecule has 0 aliphatic carbocycles. The van der Waals surface area contributed by atoms with E-state index in [0.717, 1.165) is 27.7 Å². The van der Waals surface area contributed by atoms with E-state index in [4.69, 9.17) is 28.4 Å². The molecule has 68 heavy (non-hydrogen) atoms. The van der Waals surface area contributed by atoms with Crippen LogP contribution < -0.4 is 34.1 Å². The lowest BCUT2D eigenvalue weighted by atomic mass is 10.2. The van der Waals surface area contributed by atoms with E-state index in [-0.39, 0.29) is 25.7 Å². The summed E-state index contributed by atoms with van der Waals surface area (Å²) in [5, 5.41) is 0. The van der Waals surface area contributed by atoms with Crippen LogP contribution in [0, 0.1) is 0 Å². The molecule has 0 amide bonds. The van der Waals surface area contributed by atoms with Crippen LogP contribution in [0.1, 0.15) is 79.1 Å².